The molecule has 0 aliphatic carbocycles. The fourth-order valence-corrected chi connectivity index (χ4v) is 5.66. The number of aromatic nitrogens is 2. The fraction of sp³-hybridized carbons (Fsp3) is 0.192. The number of rotatable bonds is 8. The maximum absolute atomic E-state index is 6.43. The van der Waals surface area contributed by atoms with E-state index in [1.807, 2.05) is 54.7 Å². The Bertz CT molecular complexity index is 1100. The molecule has 1 aromatic heterocycles. The molecule has 3 aromatic carbocycles. The van der Waals surface area contributed by atoms with Crippen LogP contribution in [0.5, 0.6) is 0 Å². The lowest BCUT2D eigenvalue weighted by Crippen LogP contribution is -2.14. The van der Waals surface area contributed by atoms with E-state index in [0.29, 0.717) is 16.2 Å². The third-order valence-corrected chi connectivity index (χ3v) is 7.52. The summed E-state index contributed by atoms with van der Waals surface area (Å²) in [6, 6.07) is 25.2. The summed E-state index contributed by atoms with van der Waals surface area (Å²) in [5, 5.41) is 1.71. The first-order valence-corrected chi connectivity index (χ1v) is 12.1. The van der Waals surface area contributed by atoms with Gasteiger partial charge in [-0.25, -0.2) is 4.98 Å². The largest absolute Gasteiger partial charge is 0.337 e. The molecule has 31 heavy (non-hydrogen) atoms. The summed E-state index contributed by atoms with van der Waals surface area (Å²) in [6.45, 7) is 3.21. The van der Waals surface area contributed by atoms with Crippen molar-refractivity contribution in [1.29, 1.82) is 0 Å². The summed E-state index contributed by atoms with van der Waals surface area (Å²) < 4.78 is 2.14. The predicted molar refractivity (Wildman–Crippen MR) is 134 cm³/mol. The molecule has 0 N–H and O–H groups in total. The second kappa shape index (κ2) is 10.4. The van der Waals surface area contributed by atoms with Gasteiger partial charge in [0.05, 0.1) is 6.33 Å². The molecule has 2 unspecified atom stereocenters. The Morgan fingerprint density at radius 1 is 0.935 bits per heavy atom. The topological polar surface area (TPSA) is 17.8 Å². The van der Waals surface area contributed by atoms with Gasteiger partial charge >= 0.3 is 0 Å². The average Bonchev–Trinajstić information content (AvgIpc) is 3.29. The molecule has 0 aliphatic heterocycles. The van der Waals surface area contributed by atoms with E-state index in [1.165, 1.54) is 16.7 Å². The van der Waals surface area contributed by atoms with Crippen molar-refractivity contribution in [2.75, 3.05) is 0 Å². The van der Waals surface area contributed by atoms with Crippen LogP contribution in [0.3, 0.4) is 0 Å². The van der Waals surface area contributed by atoms with Crippen molar-refractivity contribution in [3.63, 3.8) is 0 Å². The molecule has 0 spiro atoms. The number of thioether (sulfide) groups is 1. The SMILES string of the molecule is CC(Cn1ccnc1)C(SCc1ccc(Cl)cc1Cl)c1ccc(-c2ccccc2)cc1. The first-order valence-electron chi connectivity index (χ1n) is 10.3. The summed E-state index contributed by atoms with van der Waals surface area (Å²) in [4.78, 5) is 4.19. The monoisotopic (exact) mass is 466 g/mol. The van der Waals surface area contributed by atoms with Crippen molar-refractivity contribution in [3.8, 4) is 11.1 Å². The molecule has 158 valence electrons. The maximum Gasteiger partial charge on any atom is 0.0946 e. The molecule has 0 radical (unpaired) electrons. The highest BCUT2D eigenvalue weighted by Gasteiger charge is 2.21. The van der Waals surface area contributed by atoms with Crippen LogP contribution in [0.1, 0.15) is 23.3 Å². The van der Waals surface area contributed by atoms with Crippen LogP contribution in [-0.2, 0) is 12.3 Å². The molecule has 0 bridgehead atoms. The molecular weight excluding hydrogens is 443 g/mol. The van der Waals surface area contributed by atoms with Gasteiger partial charge < -0.3 is 4.57 Å². The predicted octanol–water partition coefficient (Wildman–Crippen LogP) is 8.17. The van der Waals surface area contributed by atoms with Crippen molar-refractivity contribution < 1.29 is 0 Å². The summed E-state index contributed by atoms with van der Waals surface area (Å²) >= 11 is 14.4. The van der Waals surface area contributed by atoms with E-state index in [0.717, 1.165) is 22.9 Å². The second-order valence-electron chi connectivity index (χ2n) is 7.69. The minimum Gasteiger partial charge on any atom is -0.337 e. The highest BCUT2D eigenvalue weighted by Crippen LogP contribution is 2.40. The molecule has 0 saturated heterocycles. The number of hydrogen-bond acceptors (Lipinski definition) is 2. The van der Waals surface area contributed by atoms with Crippen LogP contribution in [0.15, 0.2) is 91.5 Å². The lowest BCUT2D eigenvalue weighted by atomic mass is 9.97. The minimum atomic E-state index is 0.318. The van der Waals surface area contributed by atoms with Gasteiger partial charge in [0, 0.05) is 40.0 Å². The van der Waals surface area contributed by atoms with Gasteiger partial charge in [0.1, 0.15) is 0 Å². The zero-order chi connectivity index (χ0) is 21.6. The Hall–Kier alpha value is -2.20. The van der Waals surface area contributed by atoms with Crippen LogP contribution >= 0.6 is 35.0 Å². The van der Waals surface area contributed by atoms with Crippen molar-refractivity contribution >= 4 is 35.0 Å². The Kier molecular flexibility index (Phi) is 7.39. The van der Waals surface area contributed by atoms with Crippen molar-refractivity contribution in [2.45, 2.75) is 24.5 Å². The Labute approximate surface area is 198 Å². The summed E-state index contributed by atoms with van der Waals surface area (Å²) in [5.41, 5.74) is 4.90. The van der Waals surface area contributed by atoms with Gasteiger partial charge in [0.25, 0.3) is 0 Å². The lowest BCUT2D eigenvalue weighted by Gasteiger charge is -2.25. The number of nitrogens with zero attached hydrogens (tertiary/aromatic N) is 2. The van der Waals surface area contributed by atoms with E-state index in [-0.39, 0.29) is 0 Å². The Morgan fingerprint density at radius 2 is 1.68 bits per heavy atom. The molecule has 1 heterocycles. The molecule has 0 fully saturated rings. The van der Waals surface area contributed by atoms with Gasteiger partial charge in [-0.2, -0.15) is 0 Å². The first-order chi connectivity index (χ1) is 15.1. The minimum absolute atomic E-state index is 0.318. The normalized spacial score (nSPS) is 13.1. The standard InChI is InChI=1S/C26H24Cl2N2S/c1-19(16-30-14-13-29-18-30)26(31-17-23-11-12-24(27)15-25(23)28)22-9-7-21(8-10-22)20-5-3-2-4-6-20/h2-15,18-19,26H,16-17H2,1H3. The van der Waals surface area contributed by atoms with Crippen LogP contribution in [-0.4, -0.2) is 9.55 Å². The maximum atomic E-state index is 6.43. The zero-order valence-corrected chi connectivity index (χ0v) is 19.6. The zero-order valence-electron chi connectivity index (χ0n) is 17.3. The summed E-state index contributed by atoms with van der Waals surface area (Å²) in [7, 11) is 0. The van der Waals surface area contributed by atoms with E-state index in [4.69, 9.17) is 23.2 Å². The van der Waals surface area contributed by atoms with Crippen molar-refractivity contribution in [1.82, 2.24) is 9.55 Å². The number of benzene rings is 3. The van der Waals surface area contributed by atoms with Crippen LogP contribution in [0, 0.1) is 5.92 Å². The molecular formula is C26H24Cl2N2S. The molecule has 4 rings (SSSR count). The van der Waals surface area contributed by atoms with Gasteiger partial charge in [-0.15, -0.1) is 11.8 Å². The molecule has 5 heteroatoms. The molecule has 0 saturated carbocycles. The van der Waals surface area contributed by atoms with Gasteiger partial charge in [0.15, 0.2) is 0 Å². The fourth-order valence-electron chi connectivity index (χ4n) is 3.73. The van der Waals surface area contributed by atoms with E-state index < -0.39 is 0 Å². The average molecular weight is 467 g/mol. The van der Waals surface area contributed by atoms with Crippen LogP contribution in [0.4, 0.5) is 0 Å². The van der Waals surface area contributed by atoms with Crippen molar-refractivity contribution in [2.24, 2.45) is 5.92 Å². The third-order valence-electron chi connectivity index (χ3n) is 5.35. The molecule has 0 amide bonds. The molecule has 2 nitrogen and oxygen atoms in total. The number of hydrogen-bond donors (Lipinski definition) is 0. The lowest BCUT2D eigenvalue weighted by molar-refractivity contribution is 0.471. The number of imidazole rings is 1. The van der Waals surface area contributed by atoms with Crippen LogP contribution < -0.4 is 0 Å². The summed E-state index contributed by atoms with van der Waals surface area (Å²) in [6.07, 6.45) is 5.73. The summed E-state index contributed by atoms with van der Waals surface area (Å²) in [5.74, 6) is 1.24. The Morgan fingerprint density at radius 3 is 2.35 bits per heavy atom. The first kappa shape index (κ1) is 22.0. The number of halogens is 2. The van der Waals surface area contributed by atoms with E-state index in [1.54, 1.807) is 0 Å². The van der Waals surface area contributed by atoms with Crippen molar-refractivity contribution in [3.05, 3.63) is 113 Å². The molecule has 4 aromatic rings. The van der Waals surface area contributed by atoms with Crippen LogP contribution in [0.25, 0.3) is 11.1 Å². The van der Waals surface area contributed by atoms with E-state index >= 15 is 0 Å². The van der Waals surface area contributed by atoms with E-state index in [9.17, 15) is 0 Å². The van der Waals surface area contributed by atoms with Gasteiger partial charge in [-0.05, 0) is 40.3 Å². The highest BCUT2D eigenvalue weighted by molar-refractivity contribution is 7.98. The second-order valence-corrected chi connectivity index (χ2v) is 9.67. The third kappa shape index (κ3) is 5.74. The Balaban J connectivity index is 1.56. The van der Waals surface area contributed by atoms with Gasteiger partial charge in [-0.3, -0.25) is 0 Å². The molecule has 2 atom stereocenters. The highest BCUT2D eigenvalue weighted by atomic mass is 35.5. The molecule has 0 aliphatic rings. The van der Waals surface area contributed by atoms with Gasteiger partial charge in [-0.1, -0.05) is 90.8 Å². The quantitative estimate of drug-likeness (QED) is 0.260. The smallest absolute Gasteiger partial charge is 0.0946 e. The van der Waals surface area contributed by atoms with Gasteiger partial charge in [0.2, 0.25) is 0 Å². The van der Waals surface area contributed by atoms with Crippen LogP contribution in [0.2, 0.25) is 10.0 Å². The van der Waals surface area contributed by atoms with E-state index in [2.05, 4.69) is 65.0 Å².